The van der Waals surface area contributed by atoms with Gasteiger partial charge in [-0.2, -0.15) is 4.98 Å². The zero-order chi connectivity index (χ0) is 13.1. The topological polar surface area (TPSA) is 95.9 Å². The first-order valence-corrected chi connectivity index (χ1v) is 5.40. The number of ether oxygens (including phenoxy) is 1. The number of carbonyl (C=O) groups is 1. The molecule has 2 aromatic rings. The molecule has 0 atom stereocenters. The molecule has 8 nitrogen and oxygen atoms in total. The fourth-order valence-corrected chi connectivity index (χ4v) is 1.27. The maximum atomic E-state index is 11.2. The van der Waals surface area contributed by atoms with E-state index in [9.17, 15) is 4.79 Å². The summed E-state index contributed by atoms with van der Waals surface area (Å²) in [7, 11) is 1.27. The molecule has 0 saturated carbocycles. The number of carbonyl (C=O) groups excluding carboxylic acids is 1. The van der Waals surface area contributed by atoms with Gasteiger partial charge in [-0.3, -0.25) is 0 Å². The Morgan fingerprint density at radius 1 is 1.56 bits per heavy atom. The van der Waals surface area contributed by atoms with Crippen LogP contribution >= 0.6 is 0 Å². The van der Waals surface area contributed by atoms with Gasteiger partial charge in [0.05, 0.1) is 7.11 Å². The molecule has 18 heavy (non-hydrogen) atoms. The average Bonchev–Trinajstić information content (AvgIpc) is 2.98. The van der Waals surface area contributed by atoms with Gasteiger partial charge < -0.3 is 9.26 Å². The molecule has 0 aliphatic heterocycles. The molecule has 0 bridgehead atoms. The van der Waals surface area contributed by atoms with E-state index in [4.69, 9.17) is 4.52 Å². The monoisotopic (exact) mass is 251 g/mol. The number of aromatic nitrogens is 5. The maximum absolute atomic E-state index is 11.2. The van der Waals surface area contributed by atoms with Crippen molar-refractivity contribution in [2.24, 2.45) is 0 Å². The van der Waals surface area contributed by atoms with Gasteiger partial charge in [-0.1, -0.05) is 19.0 Å². The van der Waals surface area contributed by atoms with Crippen LogP contribution in [0.1, 0.15) is 42.1 Å². The lowest BCUT2D eigenvalue weighted by Crippen LogP contribution is -2.07. The molecule has 0 unspecified atom stereocenters. The standard InChI is InChI=1S/C10H13N5O3/c1-6(2)9-12-7(14-18-9)4-15-5-11-8(13-15)10(16)17-3/h5-6H,4H2,1-3H3. The number of methoxy groups -OCH3 is 1. The fraction of sp³-hybridized carbons (Fsp3) is 0.500. The lowest BCUT2D eigenvalue weighted by Gasteiger charge is -1.94. The van der Waals surface area contributed by atoms with Crippen LogP contribution < -0.4 is 0 Å². The Balaban J connectivity index is 2.08. The van der Waals surface area contributed by atoms with Crippen LogP contribution in [0.15, 0.2) is 10.9 Å². The van der Waals surface area contributed by atoms with Crippen molar-refractivity contribution < 1.29 is 14.1 Å². The van der Waals surface area contributed by atoms with E-state index in [2.05, 4.69) is 25.0 Å². The molecule has 0 aromatic carbocycles. The predicted octanol–water partition coefficient (Wildman–Crippen LogP) is 0.619. The van der Waals surface area contributed by atoms with Gasteiger partial charge in [0.1, 0.15) is 12.9 Å². The first-order chi connectivity index (χ1) is 8.60. The van der Waals surface area contributed by atoms with Crippen molar-refractivity contribution in [1.82, 2.24) is 24.9 Å². The SMILES string of the molecule is COC(=O)c1ncn(Cc2noc(C(C)C)n2)n1. The van der Waals surface area contributed by atoms with Crippen molar-refractivity contribution >= 4 is 5.97 Å². The predicted molar refractivity (Wildman–Crippen MR) is 58.9 cm³/mol. The normalized spacial score (nSPS) is 10.9. The molecule has 2 heterocycles. The van der Waals surface area contributed by atoms with E-state index in [0.717, 1.165) is 0 Å². The molecule has 0 amide bonds. The minimum Gasteiger partial charge on any atom is -0.463 e. The highest BCUT2D eigenvalue weighted by atomic mass is 16.5. The minimum absolute atomic E-state index is 0.00470. The van der Waals surface area contributed by atoms with Gasteiger partial charge in [0.2, 0.25) is 5.89 Å². The summed E-state index contributed by atoms with van der Waals surface area (Å²) in [5.41, 5.74) is 0. The van der Waals surface area contributed by atoms with Crippen molar-refractivity contribution in [3.05, 3.63) is 23.9 Å². The second-order valence-corrected chi connectivity index (χ2v) is 3.96. The fourth-order valence-electron chi connectivity index (χ4n) is 1.27. The van der Waals surface area contributed by atoms with Crippen LogP contribution in [0, 0.1) is 0 Å². The van der Waals surface area contributed by atoms with E-state index in [1.165, 1.54) is 18.1 Å². The molecule has 0 fully saturated rings. The van der Waals surface area contributed by atoms with Crippen molar-refractivity contribution in [3.63, 3.8) is 0 Å². The summed E-state index contributed by atoms with van der Waals surface area (Å²) < 4.78 is 11.0. The van der Waals surface area contributed by atoms with Gasteiger partial charge in [-0.05, 0) is 0 Å². The molecule has 0 N–H and O–H groups in total. The molecule has 8 heteroatoms. The van der Waals surface area contributed by atoms with Crippen LogP contribution in [0.2, 0.25) is 0 Å². The molecule has 0 radical (unpaired) electrons. The molecular formula is C10H13N5O3. The van der Waals surface area contributed by atoms with Gasteiger partial charge in [-0.15, -0.1) is 5.10 Å². The smallest absolute Gasteiger partial charge is 0.377 e. The second kappa shape index (κ2) is 4.94. The Morgan fingerprint density at radius 2 is 2.33 bits per heavy atom. The van der Waals surface area contributed by atoms with Crippen LogP contribution in [0.4, 0.5) is 0 Å². The minimum atomic E-state index is -0.579. The van der Waals surface area contributed by atoms with Crippen LogP contribution in [0.3, 0.4) is 0 Å². The van der Waals surface area contributed by atoms with E-state index in [1.807, 2.05) is 13.8 Å². The summed E-state index contributed by atoms with van der Waals surface area (Å²) in [4.78, 5) is 19.2. The Morgan fingerprint density at radius 3 is 2.94 bits per heavy atom. The van der Waals surface area contributed by atoms with Crippen molar-refractivity contribution in [3.8, 4) is 0 Å². The molecule has 2 rings (SSSR count). The highest BCUT2D eigenvalue weighted by molar-refractivity contribution is 5.84. The molecule has 0 aliphatic carbocycles. The lowest BCUT2D eigenvalue weighted by molar-refractivity contribution is 0.0586. The number of rotatable bonds is 4. The van der Waals surface area contributed by atoms with Crippen molar-refractivity contribution in [2.75, 3.05) is 7.11 Å². The van der Waals surface area contributed by atoms with Crippen molar-refractivity contribution in [1.29, 1.82) is 0 Å². The molecule has 0 spiro atoms. The van der Waals surface area contributed by atoms with Gasteiger partial charge >= 0.3 is 5.97 Å². The number of hydrogen-bond acceptors (Lipinski definition) is 7. The highest BCUT2D eigenvalue weighted by Crippen LogP contribution is 2.11. The third-order valence-electron chi connectivity index (χ3n) is 2.19. The third kappa shape index (κ3) is 2.53. The first kappa shape index (κ1) is 12.2. The van der Waals surface area contributed by atoms with E-state index >= 15 is 0 Å². The van der Waals surface area contributed by atoms with E-state index in [0.29, 0.717) is 18.3 Å². The molecular weight excluding hydrogens is 238 g/mol. The van der Waals surface area contributed by atoms with Crippen LogP contribution in [0.25, 0.3) is 0 Å². The lowest BCUT2D eigenvalue weighted by atomic mass is 10.2. The van der Waals surface area contributed by atoms with Crippen LogP contribution in [0.5, 0.6) is 0 Å². The molecule has 0 aliphatic rings. The number of esters is 1. The summed E-state index contributed by atoms with van der Waals surface area (Å²) >= 11 is 0. The Bertz CT molecular complexity index is 545. The summed E-state index contributed by atoms with van der Waals surface area (Å²) in [5.74, 6) is 0.653. The summed E-state index contributed by atoms with van der Waals surface area (Å²) in [6, 6.07) is 0. The average molecular weight is 251 g/mol. The van der Waals surface area contributed by atoms with Gasteiger partial charge in [0.15, 0.2) is 5.82 Å². The highest BCUT2D eigenvalue weighted by Gasteiger charge is 2.14. The van der Waals surface area contributed by atoms with E-state index < -0.39 is 5.97 Å². The zero-order valence-corrected chi connectivity index (χ0v) is 10.3. The third-order valence-corrected chi connectivity index (χ3v) is 2.19. The van der Waals surface area contributed by atoms with E-state index in [-0.39, 0.29) is 11.7 Å². The Labute approximate surface area is 103 Å². The molecule has 0 saturated heterocycles. The van der Waals surface area contributed by atoms with Crippen LogP contribution in [-0.2, 0) is 11.3 Å². The summed E-state index contributed by atoms with van der Waals surface area (Å²) in [6.07, 6.45) is 1.41. The van der Waals surface area contributed by atoms with Crippen molar-refractivity contribution in [2.45, 2.75) is 26.3 Å². The van der Waals surface area contributed by atoms with Gasteiger partial charge in [0.25, 0.3) is 5.82 Å². The van der Waals surface area contributed by atoms with Crippen LogP contribution in [-0.4, -0.2) is 38.0 Å². The largest absolute Gasteiger partial charge is 0.463 e. The number of nitrogens with zero attached hydrogens (tertiary/aromatic N) is 5. The Kier molecular flexibility index (Phi) is 3.35. The number of hydrogen-bond donors (Lipinski definition) is 0. The first-order valence-electron chi connectivity index (χ1n) is 5.40. The van der Waals surface area contributed by atoms with Gasteiger partial charge in [0, 0.05) is 5.92 Å². The van der Waals surface area contributed by atoms with E-state index in [1.54, 1.807) is 0 Å². The zero-order valence-electron chi connectivity index (χ0n) is 10.3. The Hall–Kier alpha value is -2.25. The summed E-state index contributed by atoms with van der Waals surface area (Å²) in [6.45, 7) is 4.21. The quantitative estimate of drug-likeness (QED) is 0.735. The maximum Gasteiger partial charge on any atom is 0.377 e. The molecule has 96 valence electrons. The second-order valence-electron chi connectivity index (χ2n) is 3.96. The van der Waals surface area contributed by atoms with Gasteiger partial charge in [-0.25, -0.2) is 14.5 Å². The molecule has 2 aromatic heterocycles. The summed E-state index contributed by atoms with van der Waals surface area (Å²) in [5, 5.41) is 7.76.